The van der Waals surface area contributed by atoms with E-state index in [1.165, 1.54) is 17.0 Å². The maximum absolute atomic E-state index is 12.9. The maximum Gasteiger partial charge on any atom is 0.338 e. The number of anilines is 2. The van der Waals surface area contributed by atoms with Gasteiger partial charge in [-0.3, -0.25) is 19.3 Å². The molecule has 170 valence electrons. The zero-order chi connectivity index (χ0) is 23.1. The number of hydrogen-bond donors (Lipinski definition) is 1. The molecule has 5 rings (SSSR count). The third-order valence-corrected chi connectivity index (χ3v) is 7.30. The lowest BCUT2D eigenvalue weighted by Gasteiger charge is -2.19. The van der Waals surface area contributed by atoms with Gasteiger partial charge in [0.1, 0.15) is 0 Å². The molecule has 33 heavy (non-hydrogen) atoms. The Morgan fingerprint density at radius 3 is 2.24 bits per heavy atom. The summed E-state index contributed by atoms with van der Waals surface area (Å²) in [5.41, 5.74) is 2.42. The van der Waals surface area contributed by atoms with E-state index in [4.69, 9.17) is 4.74 Å². The smallest absolute Gasteiger partial charge is 0.338 e. The fourth-order valence-corrected chi connectivity index (χ4v) is 5.76. The van der Waals surface area contributed by atoms with Gasteiger partial charge in [0.25, 0.3) is 5.91 Å². The van der Waals surface area contributed by atoms with Crippen LogP contribution in [0, 0.1) is 23.7 Å². The summed E-state index contributed by atoms with van der Waals surface area (Å²) in [4.78, 5) is 51.8. The number of esters is 1. The van der Waals surface area contributed by atoms with Crippen LogP contribution in [0.25, 0.3) is 0 Å². The summed E-state index contributed by atoms with van der Waals surface area (Å²) in [7, 11) is 0. The van der Waals surface area contributed by atoms with Gasteiger partial charge in [-0.25, -0.2) is 4.79 Å². The molecule has 2 saturated carbocycles. The van der Waals surface area contributed by atoms with Crippen molar-refractivity contribution in [1.82, 2.24) is 0 Å². The molecule has 3 amide bonds. The number of para-hydroxylation sites is 1. The minimum atomic E-state index is -0.644. The summed E-state index contributed by atoms with van der Waals surface area (Å²) < 4.78 is 5.14. The summed E-state index contributed by atoms with van der Waals surface area (Å²) >= 11 is 0. The average molecular weight is 447 g/mol. The van der Waals surface area contributed by atoms with E-state index in [1.807, 2.05) is 25.1 Å². The molecule has 0 unspecified atom stereocenters. The van der Waals surface area contributed by atoms with Crippen molar-refractivity contribution < 1.29 is 23.9 Å². The Balaban J connectivity index is 1.20. The van der Waals surface area contributed by atoms with Gasteiger partial charge in [-0.15, -0.1) is 0 Å². The van der Waals surface area contributed by atoms with Crippen molar-refractivity contribution in [1.29, 1.82) is 0 Å². The standard InChI is InChI=1S/C26H26N2O5/c1-2-15-5-3-4-6-20(15)27-21(29)14-33-26(32)16-9-11-19(12-10-16)28-24(30)22-17-7-8-18(13-17)23(22)25(28)31/h3-6,9-12,17-18,22-23H,2,7-8,13-14H2,1H3,(H,27,29)/t17-,18-,22-,23-/m0/s1. The van der Waals surface area contributed by atoms with E-state index in [0.717, 1.165) is 31.2 Å². The molecule has 7 heteroatoms. The van der Waals surface area contributed by atoms with E-state index in [9.17, 15) is 19.2 Å². The van der Waals surface area contributed by atoms with Crippen molar-refractivity contribution in [3.05, 3.63) is 59.7 Å². The Kier molecular flexibility index (Phi) is 5.48. The second-order valence-electron chi connectivity index (χ2n) is 9.08. The second-order valence-corrected chi connectivity index (χ2v) is 9.08. The van der Waals surface area contributed by atoms with Gasteiger partial charge in [0.2, 0.25) is 11.8 Å². The third kappa shape index (κ3) is 3.71. The van der Waals surface area contributed by atoms with E-state index in [0.29, 0.717) is 23.2 Å². The number of benzene rings is 2. The summed E-state index contributed by atoms with van der Waals surface area (Å²) in [6.07, 6.45) is 3.82. The van der Waals surface area contributed by atoms with Crippen molar-refractivity contribution in [3.8, 4) is 0 Å². The first-order valence-corrected chi connectivity index (χ1v) is 11.5. The zero-order valence-corrected chi connectivity index (χ0v) is 18.5. The first-order valence-electron chi connectivity index (χ1n) is 11.5. The maximum atomic E-state index is 12.9. The van der Waals surface area contributed by atoms with Crippen LogP contribution in [0.2, 0.25) is 0 Å². The van der Waals surface area contributed by atoms with Gasteiger partial charge in [0.05, 0.1) is 23.1 Å². The molecule has 0 aromatic heterocycles. The van der Waals surface area contributed by atoms with Crippen molar-refractivity contribution in [2.24, 2.45) is 23.7 Å². The van der Waals surface area contributed by atoms with Gasteiger partial charge in [-0.1, -0.05) is 25.1 Å². The first-order chi connectivity index (χ1) is 16.0. The molecule has 3 fully saturated rings. The van der Waals surface area contributed by atoms with Gasteiger partial charge >= 0.3 is 5.97 Å². The number of rotatable bonds is 6. The van der Waals surface area contributed by atoms with Crippen LogP contribution in [0.1, 0.15) is 42.1 Å². The van der Waals surface area contributed by atoms with Crippen LogP contribution in [0.4, 0.5) is 11.4 Å². The third-order valence-electron chi connectivity index (χ3n) is 7.30. The van der Waals surface area contributed by atoms with Gasteiger partial charge < -0.3 is 10.1 Å². The van der Waals surface area contributed by atoms with Crippen LogP contribution in [0.15, 0.2) is 48.5 Å². The molecule has 2 aromatic carbocycles. The largest absolute Gasteiger partial charge is 0.452 e. The molecule has 1 N–H and O–H groups in total. The van der Waals surface area contributed by atoms with Crippen LogP contribution in [-0.2, 0) is 25.5 Å². The minimum absolute atomic E-state index is 0.114. The summed E-state index contributed by atoms with van der Waals surface area (Å²) in [6, 6.07) is 13.7. The average Bonchev–Trinajstić information content (AvgIpc) is 3.51. The quantitative estimate of drug-likeness (QED) is 0.541. The fraction of sp³-hybridized carbons (Fsp3) is 0.385. The highest BCUT2D eigenvalue weighted by molar-refractivity contribution is 6.22. The lowest BCUT2D eigenvalue weighted by Crippen LogP contribution is -2.32. The Morgan fingerprint density at radius 2 is 1.61 bits per heavy atom. The van der Waals surface area contributed by atoms with Crippen molar-refractivity contribution in [2.45, 2.75) is 32.6 Å². The molecule has 1 aliphatic heterocycles. The second kappa shape index (κ2) is 8.46. The predicted octanol–water partition coefficient (Wildman–Crippen LogP) is 3.58. The topological polar surface area (TPSA) is 92.8 Å². The van der Waals surface area contributed by atoms with Crippen molar-refractivity contribution >= 4 is 35.1 Å². The number of fused-ring (bicyclic) bond motifs is 5. The fourth-order valence-electron chi connectivity index (χ4n) is 5.76. The molecule has 4 atom stereocenters. The van der Waals surface area contributed by atoms with Gasteiger partial charge in [0.15, 0.2) is 6.61 Å². The van der Waals surface area contributed by atoms with Gasteiger partial charge in [0, 0.05) is 5.69 Å². The molecule has 7 nitrogen and oxygen atoms in total. The zero-order valence-electron chi connectivity index (χ0n) is 18.5. The van der Waals surface area contributed by atoms with E-state index in [2.05, 4.69) is 5.32 Å². The highest BCUT2D eigenvalue weighted by Crippen LogP contribution is 2.56. The van der Waals surface area contributed by atoms with E-state index in [-0.39, 0.29) is 29.2 Å². The molecule has 0 spiro atoms. The van der Waals surface area contributed by atoms with Crippen LogP contribution in [0.3, 0.4) is 0 Å². The molecule has 3 aliphatic rings. The molecular formula is C26H26N2O5. The predicted molar refractivity (Wildman–Crippen MR) is 121 cm³/mol. The number of nitrogens with zero attached hydrogens (tertiary/aromatic N) is 1. The lowest BCUT2D eigenvalue weighted by molar-refractivity contribution is -0.123. The number of carbonyl (C=O) groups is 4. The summed E-state index contributed by atoms with van der Waals surface area (Å²) in [5, 5.41) is 2.76. The van der Waals surface area contributed by atoms with E-state index in [1.54, 1.807) is 18.2 Å². The Hall–Kier alpha value is -3.48. The minimum Gasteiger partial charge on any atom is -0.452 e. The van der Waals surface area contributed by atoms with Gasteiger partial charge in [-0.2, -0.15) is 0 Å². The first kappa shape index (κ1) is 21.4. The van der Waals surface area contributed by atoms with Crippen LogP contribution < -0.4 is 10.2 Å². The molecule has 2 aliphatic carbocycles. The van der Waals surface area contributed by atoms with Crippen LogP contribution in [0.5, 0.6) is 0 Å². The number of imide groups is 1. The molecule has 1 saturated heterocycles. The SMILES string of the molecule is CCc1ccccc1NC(=O)COC(=O)c1ccc(N2C(=O)[C@H]3[C@H]4CC[C@@H](C4)[C@@H]3C2=O)cc1. The normalized spacial score (nSPS) is 25.3. The van der Waals surface area contributed by atoms with E-state index >= 15 is 0 Å². The molecular weight excluding hydrogens is 420 g/mol. The highest BCUT2D eigenvalue weighted by Gasteiger charge is 2.61. The highest BCUT2D eigenvalue weighted by atomic mass is 16.5. The molecule has 0 radical (unpaired) electrons. The summed E-state index contributed by atoms with van der Waals surface area (Å²) in [6.45, 7) is 1.59. The van der Waals surface area contributed by atoms with Crippen molar-refractivity contribution in [2.75, 3.05) is 16.8 Å². The molecule has 2 aromatic rings. The monoisotopic (exact) mass is 446 g/mol. The Morgan fingerprint density at radius 1 is 0.970 bits per heavy atom. The number of aryl methyl sites for hydroxylation is 1. The van der Waals surface area contributed by atoms with Crippen molar-refractivity contribution in [3.63, 3.8) is 0 Å². The number of carbonyl (C=O) groups excluding carboxylic acids is 4. The Labute approximate surface area is 192 Å². The number of amides is 3. The van der Waals surface area contributed by atoms with E-state index < -0.39 is 18.5 Å². The van der Waals surface area contributed by atoms with Gasteiger partial charge in [-0.05, 0) is 73.4 Å². The number of nitrogens with one attached hydrogen (secondary N) is 1. The number of hydrogen-bond acceptors (Lipinski definition) is 5. The Bertz CT molecular complexity index is 1100. The van der Waals surface area contributed by atoms with Crippen LogP contribution >= 0.6 is 0 Å². The summed E-state index contributed by atoms with van der Waals surface area (Å²) in [5.74, 6) is -1.01. The number of ether oxygens (including phenoxy) is 1. The van der Waals surface area contributed by atoms with Crippen LogP contribution in [-0.4, -0.2) is 30.3 Å². The molecule has 1 heterocycles. The molecule has 2 bridgehead atoms. The lowest BCUT2D eigenvalue weighted by atomic mass is 9.81.